The topological polar surface area (TPSA) is 44.2 Å². The first-order chi connectivity index (χ1) is 6.56. The van der Waals surface area contributed by atoms with Crippen LogP contribution in [0.25, 0.3) is 0 Å². The number of benzene rings is 1. The zero-order valence-corrected chi connectivity index (χ0v) is 8.04. The Balaban J connectivity index is 3.08. The van der Waals surface area contributed by atoms with Gasteiger partial charge in [-0.1, -0.05) is 6.07 Å². The molecule has 0 heterocycles. The zero-order valence-electron chi connectivity index (χ0n) is 8.04. The number of hydrogen-bond acceptors (Lipinski definition) is 2. The van der Waals surface area contributed by atoms with Crippen molar-refractivity contribution in [2.45, 2.75) is 0 Å². The Morgan fingerprint density at radius 2 is 2.14 bits per heavy atom. The second kappa shape index (κ2) is 4.00. The van der Waals surface area contributed by atoms with Gasteiger partial charge in [-0.15, -0.1) is 0 Å². The summed E-state index contributed by atoms with van der Waals surface area (Å²) in [6, 6.07) is 4.11. The molecule has 3 nitrogen and oxygen atoms in total. The molecule has 1 rings (SSSR count). The molecule has 0 saturated heterocycles. The van der Waals surface area contributed by atoms with Crippen molar-refractivity contribution in [3.63, 3.8) is 0 Å². The first kappa shape index (κ1) is 10.4. The summed E-state index contributed by atoms with van der Waals surface area (Å²) in [5, 5.41) is 7.58. The molecule has 0 saturated carbocycles. The van der Waals surface area contributed by atoms with Crippen LogP contribution in [0.15, 0.2) is 18.2 Å². The number of aldehydes is 1. The van der Waals surface area contributed by atoms with E-state index in [1.54, 1.807) is 25.1 Å². The van der Waals surface area contributed by atoms with Crippen LogP contribution in [0, 0.1) is 11.2 Å². The summed E-state index contributed by atoms with van der Waals surface area (Å²) in [5.41, 5.74) is 0.471. The summed E-state index contributed by atoms with van der Waals surface area (Å²) in [6.45, 7) is 0. The van der Waals surface area contributed by atoms with Gasteiger partial charge < -0.3 is 4.90 Å². The van der Waals surface area contributed by atoms with Crippen molar-refractivity contribution in [3.05, 3.63) is 35.1 Å². The molecule has 0 aliphatic rings. The van der Waals surface area contributed by atoms with E-state index in [-0.39, 0.29) is 11.4 Å². The third-order valence-electron chi connectivity index (χ3n) is 1.85. The van der Waals surface area contributed by atoms with E-state index in [0.717, 1.165) is 0 Å². The molecule has 14 heavy (non-hydrogen) atoms. The van der Waals surface area contributed by atoms with Crippen molar-refractivity contribution < 1.29 is 9.18 Å². The number of hydrogen-bond donors (Lipinski definition) is 1. The van der Waals surface area contributed by atoms with Gasteiger partial charge in [-0.2, -0.15) is 0 Å². The second-order valence-corrected chi connectivity index (χ2v) is 3.10. The number of nitrogens with one attached hydrogen (secondary N) is 1. The fourth-order valence-corrected chi connectivity index (χ4v) is 1.03. The SMILES string of the molecule is CN(C)C(=N)c1ccc(C=O)c(F)c1. The van der Waals surface area contributed by atoms with Crippen molar-refractivity contribution in [1.29, 1.82) is 5.41 Å². The van der Waals surface area contributed by atoms with Crippen LogP contribution in [-0.4, -0.2) is 31.1 Å². The fraction of sp³-hybridized carbons (Fsp3) is 0.200. The number of amidine groups is 1. The van der Waals surface area contributed by atoms with Gasteiger partial charge in [0.2, 0.25) is 0 Å². The molecule has 0 aliphatic carbocycles. The number of rotatable bonds is 2. The maximum Gasteiger partial charge on any atom is 0.152 e. The Labute approximate surface area is 81.7 Å². The molecule has 0 aromatic heterocycles. The lowest BCUT2D eigenvalue weighted by Crippen LogP contribution is -2.21. The fourth-order valence-electron chi connectivity index (χ4n) is 1.03. The monoisotopic (exact) mass is 194 g/mol. The van der Waals surface area contributed by atoms with E-state index in [4.69, 9.17) is 5.41 Å². The number of carbonyl (C=O) groups excluding carboxylic acids is 1. The van der Waals surface area contributed by atoms with Gasteiger partial charge in [0, 0.05) is 19.7 Å². The minimum atomic E-state index is -0.593. The van der Waals surface area contributed by atoms with Crippen LogP contribution < -0.4 is 0 Å². The molecule has 1 aromatic carbocycles. The molecule has 0 spiro atoms. The lowest BCUT2D eigenvalue weighted by Gasteiger charge is -2.13. The Morgan fingerprint density at radius 3 is 2.57 bits per heavy atom. The molecule has 4 heteroatoms. The van der Waals surface area contributed by atoms with Crippen molar-refractivity contribution in [2.75, 3.05) is 14.1 Å². The predicted octanol–water partition coefficient (Wildman–Crippen LogP) is 1.53. The zero-order chi connectivity index (χ0) is 10.7. The molecule has 74 valence electrons. The van der Waals surface area contributed by atoms with Gasteiger partial charge in [0.25, 0.3) is 0 Å². The van der Waals surface area contributed by atoms with Crippen LogP contribution in [0.1, 0.15) is 15.9 Å². The van der Waals surface area contributed by atoms with Gasteiger partial charge >= 0.3 is 0 Å². The van der Waals surface area contributed by atoms with E-state index in [1.807, 2.05) is 0 Å². The van der Waals surface area contributed by atoms with E-state index in [9.17, 15) is 9.18 Å². The number of halogens is 1. The first-order valence-electron chi connectivity index (χ1n) is 4.07. The molecule has 0 amide bonds. The smallest absolute Gasteiger partial charge is 0.152 e. The lowest BCUT2D eigenvalue weighted by atomic mass is 10.1. The van der Waals surface area contributed by atoms with E-state index in [0.29, 0.717) is 11.8 Å². The minimum Gasteiger partial charge on any atom is -0.363 e. The summed E-state index contributed by atoms with van der Waals surface area (Å²) in [7, 11) is 3.40. The average molecular weight is 194 g/mol. The molecule has 0 bridgehead atoms. The molecule has 0 radical (unpaired) electrons. The van der Waals surface area contributed by atoms with Crippen molar-refractivity contribution in [2.24, 2.45) is 0 Å². The number of carbonyl (C=O) groups is 1. The minimum absolute atomic E-state index is 0.0142. The van der Waals surface area contributed by atoms with Crippen molar-refractivity contribution in [1.82, 2.24) is 4.90 Å². The largest absolute Gasteiger partial charge is 0.363 e. The average Bonchev–Trinajstić information content (AvgIpc) is 2.16. The molecule has 1 N–H and O–H groups in total. The van der Waals surface area contributed by atoms with E-state index >= 15 is 0 Å². The molecule has 0 aliphatic heterocycles. The highest BCUT2D eigenvalue weighted by Crippen LogP contribution is 2.09. The summed E-state index contributed by atoms with van der Waals surface area (Å²) >= 11 is 0. The van der Waals surface area contributed by atoms with E-state index in [2.05, 4.69) is 0 Å². The predicted molar refractivity (Wildman–Crippen MR) is 52.3 cm³/mol. The van der Waals surface area contributed by atoms with Gasteiger partial charge in [0.1, 0.15) is 11.7 Å². The van der Waals surface area contributed by atoms with Crippen LogP contribution in [0.3, 0.4) is 0 Å². The second-order valence-electron chi connectivity index (χ2n) is 3.10. The van der Waals surface area contributed by atoms with Gasteiger partial charge in [-0.05, 0) is 12.1 Å². The first-order valence-corrected chi connectivity index (χ1v) is 4.07. The standard InChI is InChI=1S/C10H11FN2O/c1-13(2)10(12)7-3-4-8(6-14)9(11)5-7/h3-6,12H,1-2H3. The molecule has 0 atom stereocenters. The van der Waals surface area contributed by atoms with Crippen LogP contribution >= 0.6 is 0 Å². The summed E-state index contributed by atoms with van der Waals surface area (Å²) < 4.78 is 13.1. The van der Waals surface area contributed by atoms with Gasteiger partial charge in [0.15, 0.2) is 6.29 Å². The highest BCUT2D eigenvalue weighted by Gasteiger charge is 2.07. The normalized spacial score (nSPS) is 9.64. The van der Waals surface area contributed by atoms with Gasteiger partial charge in [0.05, 0.1) is 5.56 Å². The summed E-state index contributed by atoms with van der Waals surface area (Å²) in [5.74, 6) is -0.384. The number of nitrogens with zero attached hydrogens (tertiary/aromatic N) is 1. The summed E-state index contributed by atoms with van der Waals surface area (Å²) in [6.07, 6.45) is 0.457. The highest BCUT2D eigenvalue weighted by atomic mass is 19.1. The summed E-state index contributed by atoms with van der Waals surface area (Å²) in [4.78, 5) is 11.9. The Morgan fingerprint density at radius 1 is 1.50 bits per heavy atom. The molecular formula is C10H11FN2O. The van der Waals surface area contributed by atoms with Crippen molar-refractivity contribution in [3.8, 4) is 0 Å². The Kier molecular flexibility index (Phi) is 2.96. The van der Waals surface area contributed by atoms with Gasteiger partial charge in [-0.3, -0.25) is 10.2 Å². The maximum atomic E-state index is 13.1. The van der Waals surface area contributed by atoms with E-state index < -0.39 is 5.82 Å². The lowest BCUT2D eigenvalue weighted by molar-refractivity contribution is 0.112. The van der Waals surface area contributed by atoms with Crippen LogP contribution in [-0.2, 0) is 0 Å². The third-order valence-corrected chi connectivity index (χ3v) is 1.85. The van der Waals surface area contributed by atoms with Crippen LogP contribution in [0.2, 0.25) is 0 Å². The third kappa shape index (κ3) is 1.96. The van der Waals surface area contributed by atoms with Crippen molar-refractivity contribution >= 4 is 12.1 Å². The van der Waals surface area contributed by atoms with Gasteiger partial charge in [-0.25, -0.2) is 4.39 Å². The van der Waals surface area contributed by atoms with E-state index in [1.165, 1.54) is 12.1 Å². The molecule has 1 aromatic rings. The molecular weight excluding hydrogens is 183 g/mol. The highest BCUT2D eigenvalue weighted by molar-refractivity contribution is 5.96. The molecule has 0 fully saturated rings. The maximum absolute atomic E-state index is 13.1. The van der Waals surface area contributed by atoms with Crippen LogP contribution in [0.4, 0.5) is 4.39 Å². The van der Waals surface area contributed by atoms with Crippen LogP contribution in [0.5, 0.6) is 0 Å². The quantitative estimate of drug-likeness (QED) is 0.440. The molecule has 0 unspecified atom stereocenters. The Bertz CT molecular complexity index is 374. The Hall–Kier alpha value is -1.71.